The van der Waals surface area contributed by atoms with Gasteiger partial charge in [0.1, 0.15) is 18.9 Å². The molecule has 118 valence electrons. The molecule has 6 nitrogen and oxygen atoms in total. The largest absolute Gasteiger partial charge is 0.486 e. The lowest BCUT2D eigenvalue weighted by Crippen LogP contribution is -2.60. The van der Waals surface area contributed by atoms with Gasteiger partial charge < -0.3 is 14.8 Å². The Kier molecular flexibility index (Phi) is 3.41. The smallest absolute Gasteiger partial charge is 0.270 e. The zero-order valence-corrected chi connectivity index (χ0v) is 12.7. The summed E-state index contributed by atoms with van der Waals surface area (Å²) in [7, 11) is 0. The molecular formula is C16H21N3O3. The van der Waals surface area contributed by atoms with Gasteiger partial charge in [-0.1, -0.05) is 0 Å². The van der Waals surface area contributed by atoms with Crippen molar-refractivity contribution in [2.75, 3.05) is 26.3 Å². The molecule has 3 fully saturated rings. The molecule has 2 bridgehead atoms. The standard InChI is InChI=1S/C16H21N3O3/c1-10-6-11-2-3-19(10)9-13(11)18-16(20)12-7-14-15(8-17-12)22-5-4-21-14/h7-8,10-11,13H,2-6,9H2,1H3,(H,18,20). The summed E-state index contributed by atoms with van der Waals surface area (Å²) in [5, 5.41) is 3.15. The number of nitrogens with zero attached hydrogens (tertiary/aromatic N) is 2. The molecular weight excluding hydrogens is 282 g/mol. The number of fused-ring (bicyclic) bond motifs is 4. The minimum absolute atomic E-state index is 0.122. The highest BCUT2D eigenvalue weighted by molar-refractivity contribution is 5.93. The maximum atomic E-state index is 12.5. The second-order valence-corrected chi connectivity index (χ2v) is 6.42. The van der Waals surface area contributed by atoms with Crippen molar-refractivity contribution < 1.29 is 14.3 Å². The molecule has 0 aliphatic carbocycles. The van der Waals surface area contributed by atoms with Crippen LogP contribution in [0.2, 0.25) is 0 Å². The second kappa shape index (κ2) is 5.43. The van der Waals surface area contributed by atoms with Gasteiger partial charge in [0.05, 0.1) is 6.20 Å². The van der Waals surface area contributed by atoms with E-state index >= 15 is 0 Å². The maximum absolute atomic E-state index is 12.5. The molecule has 0 saturated carbocycles. The van der Waals surface area contributed by atoms with Crippen molar-refractivity contribution in [3.63, 3.8) is 0 Å². The lowest BCUT2D eigenvalue weighted by Gasteiger charge is -2.48. The third kappa shape index (κ3) is 2.41. The van der Waals surface area contributed by atoms with Gasteiger partial charge in [-0.15, -0.1) is 0 Å². The van der Waals surface area contributed by atoms with Crippen LogP contribution < -0.4 is 14.8 Å². The Morgan fingerprint density at radius 2 is 2.18 bits per heavy atom. The average Bonchev–Trinajstić information content (AvgIpc) is 2.55. The van der Waals surface area contributed by atoms with E-state index in [1.807, 2.05) is 0 Å². The highest BCUT2D eigenvalue weighted by Gasteiger charge is 2.38. The molecule has 3 saturated heterocycles. The van der Waals surface area contributed by atoms with Gasteiger partial charge in [-0.05, 0) is 32.2 Å². The van der Waals surface area contributed by atoms with E-state index in [9.17, 15) is 4.79 Å². The predicted octanol–water partition coefficient (Wildman–Crippen LogP) is 1.07. The van der Waals surface area contributed by atoms with E-state index in [1.165, 1.54) is 12.8 Å². The van der Waals surface area contributed by atoms with Crippen LogP contribution in [0.1, 0.15) is 30.3 Å². The summed E-state index contributed by atoms with van der Waals surface area (Å²) in [6.07, 6.45) is 3.91. The van der Waals surface area contributed by atoms with E-state index in [2.05, 4.69) is 22.1 Å². The van der Waals surface area contributed by atoms with E-state index in [0.29, 0.717) is 42.4 Å². The van der Waals surface area contributed by atoms with E-state index in [-0.39, 0.29) is 11.9 Å². The number of ether oxygens (including phenoxy) is 2. The number of carbonyl (C=O) groups excluding carboxylic acids is 1. The lowest BCUT2D eigenvalue weighted by molar-refractivity contribution is 0.0273. The van der Waals surface area contributed by atoms with Crippen LogP contribution in [-0.4, -0.2) is 54.2 Å². The van der Waals surface area contributed by atoms with Crippen molar-refractivity contribution in [1.29, 1.82) is 0 Å². The molecule has 5 rings (SSSR count). The summed E-state index contributed by atoms with van der Waals surface area (Å²) >= 11 is 0. The van der Waals surface area contributed by atoms with Crippen LogP contribution in [0.15, 0.2) is 12.3 Å². The number of nitrogens with one attached hydrogen (secondary N) is 1. The quantitative estimate of drug-likeness (QED) is 0.885. The van der Waals surface area contributed by atoms with Gasteiger partial charge in [0.15, 0.2) is 11.5 Å². The van der Waals surface area contributed by atoms with Crippen LogP contribution in [0.25, 0.3) is 0 Å². The average molecular weight is 303 g/mol. The van der Waals surface area contributed by atoms with Gasteiger partial charge in [0, 0.05) is 24.7 Å². The minimum Gasteiger partial charge on any atom is -0.486 e. The molecule has 0 aromatic carbocycles. The summed E-state index contributed by atoms with van der Waals surface area (Å²) in [6.45, 7) is 5.41. The fraction of sp³-hybridized carbons (Fsp3) is 0.625. The Morgan fingerprint density at radius 1 is 1.36 bits per heavy atom. The molecule has 6 heteroatoms. The molecule has 5 heterocycles. The van der Waals surface area contributed by atoms with Crippen LogP contribution in [0.3, 0.4) is 0 Å². The van der Waals surface area contributed by atoms with E-state index < -0.39 is 0 Å². The fourth-order valence-electron chi connectivity index (χ4n) is 3.77. The van der Waals surface area contributed by atoms with Gasteiger partial charge >= 0.3 is 0 Å². The van der Waals surface area contributed by atoms with Gasteiger partial charge in [-0.25, -0.2) is 4.98 Å². The van der Waals surface area contributed by atoms with Gasteiger partial charge in [-0.2, -0.15) is 0 Å². The highest BCUT2D eigenvalue weighted by atomic mass is 16.6. The Hall–Kier alpha value is -1.82. The Labute approximate surface area is 129 Å². The van der Waals surface area contributed by atoms with Crippen molar-refractivity contribution in [3.8, 4) is 11.5 Å². The SMILES string of the molecule is CC1CC2CCN1CC2NC(=O)c1cc2c(cn1)OCCO2. The molecule has 1 aromatic heterocycles. The summed E-state index contributed by atoms with van der Waals surface area (Å²) < 4.78 is 10.9. The van der Waals surface area contributed by atoms with Crippen molar-refractivity contribution >= 4 is 5.91 Å². The maximum Gasteiger partial charge on any atom is 0.270 e. The normalized spacial score (nSPS) is 32.6. The molecule has 0 radical (unpaired) electrons. The molecule has 0 spiro atoms. The Bertz CT molecular complexity index is 592. The van der Waals surface area contributed by atoms with Crippen LogP contribution in [0.5, 0.6) is 11.5 Å². The summed E-state index contributed by atoms with van der Waals surface area (Å²) in [4.78, 5) is 19.1. The van der Waals surface area contributed by atoms with E-state index in [4.69, 9.17) is 9.47 Å². The van der Waals surface area contributed by atoms with Gasteiger partial charge in [0.25, 0.3) is 5.91 Å². The summed E-state index contributed by atoms with van der Waals surface area (Å²) in [5.41, 5.74) is 0.397. The van der Waals surface area contributed by atoms with Crippen molar-refractivity contribution in [2.45, 2.75) is 31.8 Å². The molecule has 22 heavy (non-hydrogen) atoms. The predicted molar refractivity (Wildman–Crippen MR) is 80.2 cm³/mol. The lowest BCUT2D eigenvalue weighted by atomic mass is 9.80. The number of hydrogen-bond acceptors (Lipinski definition) is 5. The third-order valence-corrected chi connectivity index (χ3v) is 5.03. The van der Waals surface area contributed by atoms with E-state index in [0.717, 1.165) is 13.1 Å². The van der Waals surface area contributed by atoms with Crippen molar-refractivity contribution in [1.82, 2.24) is 15.2 Å². The molecule has 1 N–H and O–H groups in total. The first kappa shape index (κ1) is 13.8. The molecule has 1 amide bonds. The third-order valence-electron chi connectivity index (χ3n) is 5.03. The highest BCUT2D eigenvalue weighted by Crippen LogP contribution is 2.32. The summed E-state index contributed by atoms with van der Waals surface area (Å²) in [6, 6.07) is 2.54. The molecule has 4 aliphatic rings. The zero-order chi connectivity index (χ0) is 15.1. The number of pyridine rings is 1. The van der Waals surface area contributed by atoms with Crippen molar-refractivity contribution in [2.24, 2.45) is 5.92 Å². The van der Waals surface area contributed by atoms with Crippen LogP contribution in [-0.2, 0) is 0 Å². The van der Waals surface area contributed by atoms with Gasteiger partial charge in [0.2, 0.25) is 0 Å². The Morgan fingerprint density at radius 3 is 2.91 bits per heavy atom. The molecule has 4 unspecified atom stereocenters. The first-order valence-corrected chi connectivity index (χ1v) is 8.01. The summed E-state index contributed by atoms with van der Waals surface area (Å²) in [5.74, 6) is 1.68. The van der Waals surface area contributed by atoms with Crippen LogP contribution >= 0.6 is 0 Å². The second-order valence-electron chi connectivity index (χ2n) is 6.42. The number of amides is 1. The van der Waals surface area contributed by atoms with E-state index in [1.54, 1.807) is 12.3 Å². The van der Waals surface area contributed by atoms with Crippen LogP contribution in [0, 0.1) is 5.92 Å². The number of aromatic nitrogens is 1. The fourth-order valence-corrected chi connectivity index (χ4v) is 3.77. The molecule has 4 atom stereocenters. The molecule has 1 aromatic rings. The zero-order valence-electron chi connectivity index (χ0n) is 12.7. The minimum atomic E-state index is -0.122. The number of hydrogen-bond donors (Lipinski definition) is 1. The number of piperidine rings is 3. The van der Waals surface area contributed by atoms with Crippen LogP contribution in [0.4, 0.5) is 0 Å². The monoisotopic (exact) mass is 303 g/mol. The van der Waals surface area contributed by atoms with Crippen molar-refractivity contribution in [3.05, 3.63) is 18.0 Å². The number of rotatable bonds is 2. The Balaban J connectivity index is 1.46. The first-order chi connectivity index (χ1) is 10.7. The van der Waals surface area contributed by atoms with Gasteiger partial charge in [-0.3, -0.25) is 9.69 Å². The number of carbonyl (C=O) groups is 1. The first-order valence-electron chi connectivity index (χ1n) is 8.01. The molecule has 4 aliphatic heterocycles. The topological polar surface area (TPSA) is 63.7 Å².